The number of rotatable bonds is 7. The van der Waals surface area contributed by atoms with E-state index in [-0.39, 0.29) is 29.8 Å². The maximum absolute atomic E-state index is 13.1. The number of nitro benzene ring substituents is 1. The fraction of sp³-hybridized carbons (Fsp3) is 0.412. The Hall–Kier alpha value is -2.23. The molecule has 3 rings (SSSR count). The van der Waals surface area contributed by atoms with Crippen LogP contribution in [0.15, 0.2) is 45.9 Å². The van der Waals surface area contributed by atoms with Crippen molar-refractivity contribution in [2.75, 3.05) is 13.2 Å². The van der Waals surface area contributed by atoms with Gasteiger partial charge in [-0.1, -0.05) is 6.07 Å². The van der Waals surface area contributed by atoms with Gasteiger partial charge in [0.05, 0.1) is 28.7 Å². The van der Waals surface area contributed by atoms with Crippen molar-refractivity contribution in [3.63, 3.8) is 0 Å². The van der Waals surface area contributed by atoms with Crippen molar-refractivity contribution < 1.29 is 22.5 Å². The van der Waals surface area contributed by atoms with Crippen molar-refractivity contribution in [1.29, 1.82) is 0 Å². The number of aryl methyl sites for hydroxylation is 1. The largest absolute Gasteiger partial charge is 0.468 e. The van der Waals surface area contributed by atoms with E-state index in [4.69, 9.17) is 9.15 Å². The second kappa shape index (κ2) is 7.56. The first-order valence-corrected chi connectivity index (χ1v) is 9.71. The summed E-state index contributed by atoms with van der Waals surface area (Å²) in [7, 11) is -3.95. The molecule has 0 amide bonds. The Balaban J connectivity index is 1.94. The second-order valence-corrected chi connectivity index (χ2v) is 8.16. The highest BCUT2D eigenvalue weighted by atomic mass is 32.2. The zero-order chi connectivity index (χ0) is 18.7. The Labute approximate surface area is 151 Å². The fourth-order valence-electron chi connectivity index (χ4n) is 2.93. The summed E-state index contributed by atoms with van der Waals surface area (Å²) in [6, 6.07) is 7.32. The first kappa shape index (κ1) is 18.6. The van der Waals surface area contributed by atoms with Gasteiger partial charge in [-0.15, -0.1) is 0 Å². The van der Waals surface area contributed by atoms with Gasteiger partial charge in [-0.25, -0.2) is 8.42 Å². The van der Waals surface area contributed by atoms with E-state index in [2.05, 4.69) is 0 Å². The molecule has 2 aromatic rings. The van der Waals surface area contributed by atoms with Gasteiger partial charge >= 0.3 is 0 Å². The fourth-order valence-corrected chi connectivity index (χ4v) is 4.39. The SMILES string of the molecule is Cc1ccc(S(=O)(=O)N(Cc2ccco2)CC2CCCO2)cc1[N+](=O)[O-]. The molecule has 2 heterocycles. The molecule has 0 N–H and O–H groups in total. The topological polar surface area (TPSA) is 103 Å². The standard InChI is InChI=1S/C17H20N2O6S/c1-13-6-7-16(10-17(13)19(20)21)26(22,23)18(11-14-4-2-8-24-14)12-15-5-3-9-25-15/h2,4,6-8,10,15H,3,5,9,11-12H2,1H3. The molecule has 1 aliphatic rings. The van der Waals surface area contributed by atoms with Crippen LogP contribution in [0.5, 0.6) is 0 Å². The van der Waals surface area contributed by atoms with Crippen molar-refractivity contribution in [2.45, 2.75) is 37.3 Å². The Kier molecular flexibility index (Phi) is 5.40. The molecule has 1 unspecified atom stereocenters. The normalized spacial score (nSPS) is 17.7. The van der Waals surface area contributed by atoms with Gasteiger partial charge in [-0.3, -0.25) is 10.1 Å². The van der Waals surface area contributed by atoms with Crippen molar-refractivity contribution in [1.82, 2.24) is 4.31 Å². The van der Waals surface area contributed by atoms with Crippen LogP contribution >= 0.6 is 0 Å². The zero-order valence-electron chi connectivity index (χ0n) is 14.3. The summed E-state index contributed by atoms with van der Waals surface area (Å²) >= 11 is 0. The van der Waals surface area contributed by atoms with Crippen LogP contribution in [-0.4, -0.2) is 36.9 Å². The number of benzene rings is 1. The predicted molar refractivity (Wildman–Crippen MR) is 93.1 cm³/mol. The van der Waals surface area contributed by atoms with Crippen LogP contribution in [0.3, 0.4) is 0 Å². The van der Waals surface area contributed by atoms with E-state index in [1.54, 1.807) is 19.1 Å². The minimum absolute atomic E-state index is 0.0386. The van der Waals surface area contributed by atoms with Gasteiger partial charge in [0.15, 0.2) is 0 Å². The van der Waals surface area contributed by atoms with Gasteiger partial charge in [0.2, 0.25) is 10.0 Å². The molecule has 0 aliphatic carbocycles. The third-order valence-corrected chi connectivity index (χ3v) is 6.17. The first-order valence-electron chi connectivity index (χ1n) is 8.27. The monoisotopic (exact) mass is 380 g/mol. The Morgan fingerprint density at radius 2 is 2.15 bits per heavy atom. The maximum atomic E-state index is 13.1. The minimum atomic E-state index is -3.95. The molecule has 0 saturated carbocycles. The van der Waals surface area contributed by atoms with Crippen LogP contribution in [0.2, 0.25) is 0 Å². The number of ether oxygens (including phenoxy) is 1. The van der Waals surface area contributed by atoms with E-state index in [1.165, 1.54) is 22.7 Å². The average molecular weight is 380 g/mol. The van der Waals surface area contributed by atoms with Crippen LogP contribution in [-0.2, 0) is 21.3 Å². The smallest absolute Gasteiger partial charge is 0.273 e. The molecule has 1 aromatic carbocycles. The zero-order valence-corrected chi connectivity index (χ0v) is 15.1. The lowest BCUT2D eigenvalue weighted by Crippen LogP contribution is -2.36. The molecule has 1 saturated heterocycles. The molecule has 26 heavy (non-hydrogen) atoms. The Morgan fingerprint density at radius 3 is 2.77 bits per heavy atom. The number of sulfonamides is 1. The quantitative estimate of drug-likeness (QED) is 0.540. The third-order valence-electron chi connectivity index (χ3n) is 4.36. The van der Waals surface area contributed by atoms with Gasteiger partial charge in [-0.05, 0) is 38.0 Å². The summed E-state index contributed by atoms with van der Waals surface area (Å²) in [5, 5.41) is 11.2. The molecular weight excluding hydrogens is 360 g/mol. The van der Waals surface area contributed by atoms with Gasteiger partial charge in [0.1, 0.15) is 5.76 Å². The summed E-state index contributed by atoms with van der Waals surface area (Å²) < 4.78 is 38.4. The molecular formula is C17H20N2O6S. The summed E-state index contributed by atoms with van der Waals surface area (Å²) in [5.74, 6) is 0.494. The molecule has 9 heteroatoms. The average Bonchev–Trinajstić information content (AvgIpc) is 3.28. The molecule has 1 fully saturated rings. The molecule has 1 aromatic heterocycles. The van der Waals surface area contributed by atoms with Gasteiger partial charge < -0.3 is 9.15 Å². The van der Waals surface area contributed by atoms with E-state index in [0.29, 0.717) is 17.9 Å². The van der Waals surface area contributed by atoms with E-state index < -0.39 is 14.9 Å². The number of furan rings is 1. The van der Waals surface area contributed by atoms with Crippen LogP contribution in [0, 0.1) is 17.0 Å². The van der Waals surface area contributed by atoms with Crippen molar-refractivity contribution in [3.05, 3.63) is 58.0 Å². The highest BCUT2D eigenvalue weighted by Crippen LogP contribution is 2.27. The van der Waals surface area contributed by atoms with E-state index in [1.807, 2.05) is 0 Å². The lowest BCUT2D eigenvalue weighted by molar-refractivity contribution is -0.385. The molecule has 1 aliphatic heterocycles. The van der Waals surface area contributed by atoms with Crippen molar-refractivity contribution in [2.24, 2.45) is 0 Å². The molecule has 1 atom stereocenters. The number of hydrogen-bond donors (Lipinski definition) is 0. The third kappa shape index (κ3) is 3.95. The van der Waals surface area contributed by atoms with Gasteiger partial charge in [0.25, 0.3) is 5.69 Å². The van der Waals surface area contributed by atoms with Crippen molar-refractivity contribution in [3.8, 4) is 0 Å². The van der Waals surface area contributed by atoms with Crippen LogP contribution in [0.4, 0.5) is 5.69 Å². The Morgan fingerprint density at radius 1 is 1.35 bits per heavy atom. The van der Waals surface area contributed by atoms with E-state index >= 15 is 0 Å². The molecule has 0 radical (unpaired) electrons. The van der Waals surface area contributed by atoms with Gasteiger partial charge in [0, 0.05) is 24.8 Å². The predicted octanol–water partition coefficient (Wildman–Crippen LogP) is 2.87. The number of nitrogens with zero attached hydrogens (tertiary/aromatic N) is 2. The van der Waals surface area contributed by atoms with Gasteiger partial charge in [-0.2, -0.15) is 4.31 Å². The van der Waals surface area contributed by atoms with E-state index in [0.717, 1.165) is 18.9 Å². The van der Waals surface area contributed by atoms with E-state index in [9.17, 15) is 18.5 Å². The lowest BCUT2D eigenvalue weighted by Gasteiger charge is -2.24. The number of hydrogen-bond acceptors (Lipinski definition) is 6. The molecule has 0 bridgehead atoms. The molecule has 0 spiro atoms. The Bertz CT molecular complexity index is 873. The van der Waals surface area contributed by atoms with Crippen molar-refractivity contribution >= 4 is 15.7 Å². The highest BCUT2D eigenvalue weighted by Gasteiger charge is 2.31. The highest BCUT2D eigenvalue weighted by molar-refractivity contribution is 7.89. The van der Waals surface area contributed by atoms with Crippen LogP contribution in [0.25, 0.3) is 0 Å². The molecule has 140 valence electrons. The first-order chi connectivity index (χ1) is 12.4. The summed E-state index contributed by atoms with van der Waals surface area (Å²) in [6.45, 7) is 2.39. The second-order valence-electron chi connectivity index (χ2n) is 6.22. The van der Waals surface area contributed by atoms with Crippen LogP contribution in [0.1, 0.15) is 24.2 Å². The van der Waals surface area contributed by atoms with Crippen LogP contribution < -0.4 is 0 Å². The minimum Gasteiger partial charge on any atom is -0.468 e. The summed E-state index contributed by atoms with van der Waals surface area (Å²) in [5.41, 5.74) is 0.187. The summed E-state index contributed by atoms with van der Waals surface area (Å²) in [6.07, 6.45) is 2.94. The number of nitro groups is 1. The maximum Gasteiger partial charge on any atom is 0.273 e. The summed E-state index contributed by atoms with van der Waals surface area (Å²) in [4.78, 5) is 10.5. The lowest BCUT2D eigenvalue weighted by atomic mass is 10.2. The molecule has 8 nitrogen and oxygen atoms in total.